The Morgan fingerprint density at radius 2 is 1.59 bits per heavy atom. The number of piperidine rings is 1. The average Bonchev–Trinajstić information content (AvgIpc) is 2.77. The minimum Gasteiger partial charge on any atom is -0.493 e. The van der Waals surface area contributed by atoms with Crippen molar-refractivity contribution in [2.75, 3.05) is 33.4 Å². The Balaban J connectivity index is 1.37. The maximum atomic E-state index is 12.4. The zero-order valence-corrected chi connectivity index (χ0v) is 16.5. The van der Waals surface area contributed by atoms with Gasteiger partial charge in [-0.05, 0) is 37.1 Å². The number of ether oxygens (including phenoxy) is 3. The van der Waals surface area contributed by atoms with E-state index in [1.165, 1.54) is 0 Å². The van der Waals surface area contributed by atoms with E-state index in [1.807, 2.05) is 42.5 Å². The number of benzene rings is 2. The quantitative estimate of drug-likeness (QED) is 0.738. The highest BCUT2D eigenvalue weighted by atomic mass is 16.5. The lowest BCUT2D eigenvalue weighted by molar-refractivity contribution is -0.134. The van der Waals surface area contributed by atoms with Gasteiger partial charge in [-0.15, -0.1) is 0 Å². The Hall–Kier alpha value is -3.22. The lowest BCUT2D eigenvalue weighted by atomic mass is 10.1. The molecule has 0 unspecified atom stereocenters. The van der Waals surface area contributed by atoms with Crippen molar-refractivity contribution >= 4 is 11.8 Å². The van der Waals surface area contributed by atoms with Crippen LogP contribution in [-0.4, -0.2) is 56.2 Å². The minimum absolute atomic E-state index is 0.0179. The third kappa shape index (κ3) is 6.14. The van der Waals surface area contributed by atoms with Gasteiger partial charge in [0.05, 0.1) is 7.11 Å². The van der Waals surface area contributed by atoms with E-state index in [-0.39, 0.29) is 31.1 Å². The molecule has 2 amide bonds. The molecule has 1 N–H and O–H groups in total. The Morgan fingerprint density at radius 3 is 2.28 bits per heavy atom. The van der Waals surface area contributed by atoms with E-state index < -0.39 is 0 Å². The van der Waals surface area contributed by atoms with Crippen LogP contribution in [0.15, 0.2) is 54.6 Å². The van der Waals surface area contributed by atoms with E-state index in [2.05, 4.69) is 5.32 Å². The van der Waals surface area contributed by atoms with Crippen molar-refractivity contribution in [2.24, 2.45) is 0 Å². The van der Waals surface area contributed by atoms with Gasteiger partial charge in [0.15, 0.2) is 24.7 Å². The molecule has 0 aromatic heterocycles. The van der Waals surface area contributed by atoms with Crippen LogP contribution in [0, 0.1) is 0 Å². The maximum absolute atomic E-state index is 12.4. The number of para-hydroxylation sites is 3. The summed E-state index contributed by atoms with van der Waals surface area (Å²) in [4.78, 5) is 26.2. The molecule has 0 aliphatic carbocycles. The largest absolute Gasteiger partial charge is 0.493 e. The van der Waals surface area contributed by atoms with Gasteiger partial charge in [-0.3, -0.25) is 9.59 Å². The van der Waals surface area contributed by atoms with Crippen molar-refractivity contribution in [1.82, 2.24) is 10.2 Å². The Bertz CT molecular complexity index is 804. The molecule has 2 aromatic carbocycles. The van der Waals surface area contributed by atoms with Crippen molar-refractivity contribution in [3.63, 3.8) is 0 Å². The summed E-state index contributed by atoms with van der Waals surface area (Å²) in [6.07, 6.45) is 1.41. The lowest BCUT2D eigenvalue weighted by Gasteiger charge is -2.32. The van der Waals surface area contributed by atoms with E-state index in [1.54, 1.807) is 24.1 Å². The third-order valence-electron chi connectivity index (χ3n) is 4.75. The highest BCUT2D eigenvalue weighted by Gasteiger charge is 2.24. The van der Waals surface area contributed by atoms with Gasteiger partial charge in [0.25, 0.3) is 11.8 Å². The van der Waals surface area contributed by atoms with Crippen LogP contribution in [0.25, 0.3) is 0 Å². The molecule has 3 rings (SSSR count). The fourth-order valence-corrected chi connectivity index (χ4v) is 3.18. The molecule has 7 nitrogen and oxygen atoms in total. The van der Waals surface area contributed by atoms with E-state index in [4.69, 9.17) is 14.2 Å². The molecule has 29 heavy (non-hydrogen) atoms. The number of nitrogens with one attached hydrogen (secondary N) is 1. The molecule has 0 bridgehead atoms. The van der Waals surface area contributed by atoms with Gasteiger partial charge >= 0.3 is 0 Å². The minimum atomic E-state index is -0.155. The number of hydrogen-bond acceptors (Lipinski definition) is 5. The van der Waals surface area contributed by atoms with E-state index >= 15 is 0 Å². The molecule has 0 saturated carbocycles. The molecule has 0 radical (unpaired) electrons. The molecule has 1 fully saturated rings. The van der Waals surface area contributed by atoms with Crippen LogP contribution in [-0.2, 0) is 9.59 Å². The number of hydrogen-bond donors (Lipinski definition) is 1. The van der Waals surface area contributed by atoms with Gasteiger partial charge in [-0.25, -0.2) is 0 Å². The monoisotopic (exact) mass is 398 g/mol. The summed E-state index contributed by atoms with van der Waals surface area (Å²) < 4.78 is 16.3. The first-order valence-corrected chi connectivity index (χ1v) is 9.66. The van der Waals surface area contributed by atoms with Crippen molar-refractivity contribution in [3.05, 3.63) is 54.6 Å². The van der Waals surface area contributed by atoms with Crippen LogP contribution in [0.5, 0.6) is 17.2 Å². The summed E-state index contributed by atoms with van der Waals surface area (Å²) >= 11 is 0. The van der Waals surface area contributed by atoms with E-state index in [0.29, 0.717) is 43.2 Å². The second kappa shape index (κ2) is 10.4. The number of likely N-dealkylation sites (tertiary alicyclic amines) is 1. The molecule has 1 saturated heterocycles. The van der Waals surface area contributed by atoms with Crippen molar-refractivity contribution in [3.8, 4) is 17.2 Å². The van der Waals surface area contributed by atoms with Crippen molar-refractivity contribution < 1.29 is 23.8 Å². The summed E-state index contributed by atoms with van der Waals surface area (Å²) in [5.74, 6) is 1.58. The molecule has 0 spiro atoms. The van der Waals surface area contributed by atoms with Crippen LogP contribution >= 0.6 is 0 Å². The molecule has 7 heteroatoms. The second-order valence-electron chi connectivity index (χ2n) is 6.76. The van der Waals surface area contributed by atoms with Crippen LogP contribution < -0.4 is 19.5 Å². The summed E-state index contributed by atoms with van der Waals surface area (Å²) in [5, 5.41) is 2.97. The fraction of sp³-hybridized carbons (Fsp3) is 0.364. The third-order valence-corrected chi connectivity index (χ3v) is 4.75. The number of carbonyl (C=O) groups excluding carboxylic acids is 2. The number of carbonyl (C=O) groups is 2. The standard InChI is InChI=1S/C22H26N2O5/c1-27-19-9-5-6-10-20(19)29-16-22(26)24-13-11-17(12-14-24)23-21(25)15-28-18-7-3-2-4-8-18/h2-10,17H,11-16H2,1H3,(H,23,25). The molecule has 154 valence electrons. The molecular weight excluding hydrogens is 372 g/mol. The number of nitrogens with zero attached hydrogens (tertiary/aromatic N) is 1. The van der Waals surface area contributed by atoms with Gasteiger partial charge in [0.2, 0.25) is 0 Å². The van der Waals surface area contributed by atoms with E-state index in [9.17, 15) is 9.59 Å². The average molecular weight is 398 g/mol. The normalized spacial score (nSPS) is 14.2. The van der Waals surface area contributed by atoms with E-state index in [0.717, 1.165) is 0 Å². The summed E-state index contributed by atoms with van der Waals surface area (Å²) in [5.41, 5.74) is 0. The topological polar surface area (TPSA) is 77.1 Å². The first-order chi connectivity index (χ1) is 14.2. The van der Waals surface area contributed by atoms with Crippen LogP contribution in [0.3, 0.4) is 0 Å². The van der Waals surface area contributed by atoms with Gasteiger partial charge in [-0.1, -0.05) is 30.3 Å². The molecule has 1 heterocycles. The molecule has 0 atom stereocenters. The first kappa shape index (κ1) is 20.5. The smallest absolute Gasteiger partial charge is 0.260 e. The van der Waals surface area contributed by atoms with Crippen molar-refractivity contribution in [2.45, 2.75) is 18.9 Å². The zero-order chi connectivity index (χ0) is 20.5. The van der Waals surface area contributed by atoms with Crippen LogP contribution in [0.4, 0.5) is 0 Å². The van der Waals surface area contributed by atoms with Crippen LogP contribution in [0.1, 0.15) is 12.8 Å². The van der Waals surface area contributed by atoms with Crippen LogP contribution in [0.2, 0.25) is 0 Å². The first-order valence-electron chi connectivity index (χ1n) is 9.66. The predicted octanol–water partition coefficient (Wildman–Crippen LogP) is 2.26. The Kier molecular flexibility index (Phi) is 7.33. The summed E-state index contributed by atoms with van der Waals surface area (Å²) in [7, 11) is 1.56. The molecular formula is C22H26N2O5. The van der Waals surface area contributed by atoms with Gasteiger partial charge < -0.3 is 24.4 Å². The summed E-state index contributed by atoms with van der Waals surface area (Å²) in [6, 6.07) is 16.5. The maximum Gasteiger partial charge on any atom is 0.260 e. The highest BCUT2D eigenvalue weighted by Crippen LogP contribution is 2.25. The number of amides is 2. The van der Waals surface area contributed by atoms with Gasteiger partial charge in [0.1, 0.15) is 5.75 Å². The summed E-state index contributed by atoms with van der Waals surface area (Å²) in [6.45, 7) is 1.11. The SMILES string of the molecule is COc1ccccc1OCC(=O)N1CCC(NC(=O)COc2ccccc2)CC1. The van der Waals surface area contributed by atoms with Crippen molar-refractivity contribution in [1.29, 1.82) is 0 Å². The molecule has 1 aliphatic heterocycles. The fourth-order valence-electron chi connectivity index (χ4n) is 3.18. The van der Waals surface area contributed by atoms with Gasteiger partial charge in [0, 0.05) is 19.1 Å². The zero-order valence-electron chi connectivity index (χ0n) is 16.5. The Labute approximate surface area is 170 Å². The second-order valence-corrected chi connectivity index (χ2v) is 6.76. The highest BCUT2D eigenvalue weighted by molar-refractivity contribution is 5.79. The van der Waals surface area contributed by atoms with Gasteiger partial charge in [-0.2, -0.15) is 0 Å². The predicted molar refractivity (Wildman–Crippen MR) is 108 cm³/mol. The number of methoxy groups -OCH3 is 1. The molecule has 1 aliphatic rings. The molecule has 2 aromatic rings. The lowest BCUT2D eigenvalue weighted by Crippen LogP contribution is -2.48. The number of rotatable bonds is 8. The Morgan fingerprint density at radius 1 is 0.931 bits per heavy atom.